The van der Waals surface area contributed by atoms with Crippen LogP contribution in [-0.4, -0.2) is 22.9 Å². The molecule has 24 heavy (non-hydrogen) atoms. The molecule has 128 valence electrons. The Labute approximate surface area is 140 Å². The summed E-state index contributed by atoms with van der Waals surface area (Å²) in [5.41, 5.74) is 8.04. The van der Waals surface area contributed by atoms with E-state index in [9.17, 15) is 19.5 Å². The number of carboxylic acid groups (broad SMARTS) is 1. The van der Waals surface area contributed by atoms with Crippen molar-refractivity contribution in [2.24, 2.45) is 11.8 Å². The largest absolute Gasteiger partial charge is 0.481 e. The molecule has 2 unspecified atom stereocenters. The van der Waals surface area contributed by atoms with Crippen LogP contribution in [0.3, 0.4) is 0 Å². The SMILES string of the molecule is CC1=C(C)CC(C(=O)NNC(=O)c2ccccc2C)C(C(=O)O)C1. The monoisotopic (exact) mass is 330 g/mol. The Hall–Kier alpha value is -2.63. The number of hydrogen-bond donors (Lipinski definition) is 3. The minimum absolute atomic E-state index is 0.352. The van der Waals surface area contributed by atoms with E-state index in [1.165, 1.54) is 0 Å². The number of hydrazine groups is 1. The molecule has 1 aliphatic carbocycles. The second-order valence-corrected chi connectivity index (χ2v) is 6.28. The minimum atomic E-state index is -0.993. The third-order valence-electron chi connectivity index (χ3n) is 4.61. The van der Waals surface area contributed by atoms with Gasteiger partial charge >= 0.3 is 5.97 Å². The minimum Gasteiger partial charge on any atom is -0.481 e. The second kappa shape index (κ2) is 7.29. The van der Waals surface area contributed by atoms with Crippen LogP contribution in [0.25, 0.3) is 0 Å². The van der Waals surface area contributed by atoms with E-state index in [1.807, 2.05) is 19.9 Å². The summed E-state index contributed by atoms with van der Waals surface area (Å²) in [5.74, 6) is -3.36. The topological polar surface area (TPSA) is 95.5 Å². The van der Waals surface area contributed by atoms with E-state index in [4.69, 9.17) is 0 Å². The Morgan fingerprint density at radius 1 is 0.958 bits per heavy atom. The lowest BCUT2D eigenvalue weighted by atomic mass is 9.76. The van der Waals surface area contributed by atoms with E-state index >= 15 is 0 Å². The zero-order valence-corrected chi connectivity index (χ0v) is 14.1. The van der Waals surface area contributed by atoms with Gasteiger partial charge in [-0.15, -0.1) is 0 Å². The van der Waals surface area contributed by atoms with Crippen molar-refractivity contribution in [2.45, 2.75) is 33.6 Å². The van der Waals surface area contributed by atoms with Gasteiger partial charge in [-0.25, -0.2) is 0 Å². The van der Waals surface area contributed by atoms with E-state index in [2.05, 4.69) is 10.9 Å². The van der Waals surface area contributed by atoms with Crippen LogP contribution in [0.5, 0.6) is 0 Å². The van der Waals surface area contributed by atoms with Crippen molar-refractivity contribution < 1.29 is 19.5 Å². The Morgan fingerprint density at radius 3 is 2.12 bits per heavy atom. The average molecular weight is 330 g/mol. The van der Waals surface area contributed by atoms with Crippen molar-refractivity contribution in [3.05, 3.63) is 46.5 Å². The summed E-state index contributed by atoms with van der Waals surface area (Å²) in [4.78, 5) is 35.9. The summed E-state index contributed by atoms with van der Waals surface area (Å²) < 4.78 is 0. The number of aliphatic carboxylic acids is 1. The van der Waals surface area contributed by atoms with Gasteiger partial charge in [0.25, 0.3) is 5.91 Å². The molecule has 2 rings (SSSR count). The van der Waals surface area contributed by atoms with E-state index in [1.54, 1.807) is 25.1 Å². The lowest BCUT2D eigenvalue weighted by molar-refractivity contribution is -0.147. The van der Waals surface area contributed by atoms with Crippen LogP contribution >= 0.6 is 0 Å². The number of benzene rings is 1. The molecule has 0 heterocycles. The van der Waals surface area contributed by atoms with Crippen molar-refractivity contribution in [3.63, 3.8) is 0 Å². The molecule has 6 nitrogen and oxygen atoms in total. The molecule has 0 fully saturated rings. The lowest BCUT2D eigenvalue weighted by Gasteiger charge is -2.29. The van der Waals surface area contributed by atoms with Gasteiger partial charge in [-0.3, -0.25) is 25.2 Å². The fourth-order valence-corrected chi connectivity index (χ4v) is 2.93. The molecule has 0 bridgehead atoms. The number of rotatable bonds is 3. The third kappa shape index (κ3) is 3.82. The number of carbonyl (C=O) groups is 3. The molecule has 0 aromatic heterocycles. The Balaban J connectivity index is 2.05. The van der Waals surface area contributed by atoms with Crippen LogP contribution in [0.2, 0.25) is 0 Å². The van der Waals surface area contributed by atoms with Crippen LogP contribution in [-0.2, 0) is 9.59 Å². The second-order valence-electron chi connectivity index (χ2n) is 6.28. The van der Waals surface area contributed by atoms with Crippen molar-refractivity contribution in [1.82, 2.24) is 10.9 Å². The first-order valence-corrected chi connectivity index (χ1v) is 7.85. The van der Waals surface area contributed by atoms with Crippen molar-refractivity contribution >= 4 is 17.8 Å². The molecular formula is C18H22N2O4. The van der Waals surface area contributed by atoms with Gasteiger partial charge in [0, 0.05) is 5.56 Å². The fraction of sp³-hybridized carbons (Fsp3) is 0.389. The van der Waals surface area contributed by atoms with Gasteiger partial charge in [0.2, 0.25) is 5.91 Å². The maximum atomic E-state index is 12.4. The highest BCUT2D eigenvalue weighted by Crippen LogP contribution is 2.34. The highest BCUT2D eigenvalue weighted by atomic mass is 16.4. The Morgan fingerprint density at radius 2 is 1.54 bits per heavy atom. The molecule has 1 aliphatic rings. The van der Waals surface area contributed by atoms with E-state index in [0.717, 1.165) is 16.7 Å². The molecule has 0 aliphatic heterocycles. The molecule has 6 heteroatoms. The summed E-state index contributed by atoms with van der Waals surface area (Å²) in [7, 11) is 0. The van der Waals surface area contributed by atoms with Crippen LogP contribution < -0.4 is 10.9 Å². The van der Waals surface area contributed by atoms with Gasteiger partial charge in [0.1, 0.15) is 0 Å². The number of aryl methyl sites for hydroxylation is 1. The summed E-state index contributed by atoms with van der Waals surface area (Å²) in [6.45, 7) is 5.59. The molecule has 2 atom stereocenters. The highest BCUT2D eigenvalue weighted by Gasteiger charge is 2.37. The quantitative estimate of drug-likeness (QED) is 0.585. The van der Waals surface area contributed by atoms with Gasteiger partial charge in [0.05, 0.1) is 11.8 Å². The summed E-state index contributed by atoms with van der Waals surface area (Å²) >= 11 is 0. The molecular weight excluding hydrogens is 308 g/mol. The number of nitrogens with one attached hydrogen (secondary N) is 2. The van der Waals surface area contributed by atoms with Crippen LogP contribution in [0.15, 0.2) is 35.4 Å². The van der Waals surface area contributed by atoms with Crippen molar-refractivity contribution in [1.29, 1.82) is 0 Å². The number of hydrogen-bond acceptors (Lipinski definition) is 3. The van der Waals surface area contributed by atoms with Gasteiger partial charge < -0.3 is 5.11 Å². The zero-order chi connectivity index (χ0) is 17.9. The molecule has 0 spiro atoms. The van der Waals surface area contributed by atoms with Crippen LogP contribution in [0.1, 0.15) is 42.6 Å². The van der Waals surface area contributed by atoms with E-state index in [-0.39, 0.29) is 0 Å². The first kappa shape index (κ1) is 17.7. The molecule has 2 amide bonds. The molecule has 0 saturated heterocycles. The number of allylic oxidation sites excluding steroid dienone is 2. The van der Waals surface area contributed by atoms with Crippen LogP contribution in [0, 0.1) is 18.8 Å². The molecule has 1 aromatic carbocycles. The summed E-state index contributed by atoms with van der Waals surface area (Å²) in [6.07, 6.45) is 0.736. The predicted octanol–water partition coefficient (Wildman–Crippen LogP) is 2.20. The smallest absolute Gasteiger partial charge is 0.307 e. The van der Waals surface area contributed by atoms with Gasteiger partial charge in [-0.2, -0.15) is 0 Å². The standard InChI is InChI=1S/C18H22N2O4/c1-10-6-4-5-7-13(10)16(21)19-20-17(22)14-8-11(2)12(3)9-15(14)18(23)24/h4-7,14-15H,8-9H2,1-3H3,(H,19,21)(H,20,22)(H,23,24). The lowest BCUT2D eigenvalue weighted by Crippen LogP contribution is -2.48. The first-order valence-electron chi connectivity index (χ1n) is 7.85. The maximum absolute atomic E-state index is 12.4. The number of carbonyl (C=O) groups excluding carboxylic acids is 2. The van der Waals surface area contributed by atoms with Crippen molar-refractivity contribution in [3.8, 4) is 0 Å². The molecule has 3 N–H and O–H groups in total. The predicted molar refractivity (Wildman–Crippen MR) is 89.0 cm³/mol. The number of amides is 2. The van der Waals surface area contributed by atoms with Gasteiger partial charge in [-0.05, 0) is 45.2 Å². The molecule has 0 saturated carbocycles. The Bertz CT molecular complexity index is 709. The summed E-state index contributed by atoms with van der Waals surface area (Å²) in [5, 5.41) is 9.36. The third-order valence-corrected chi connectivity index (χ3v) is 4.61. The van der Waals surface area contributed by atoms with Crippen LogP contribution in [0.4, 0.5) is 0 Å². The zero-order valence-electron chi connectivity index (χ0n) is 14.1. The normalized spacial score (nSPS) is 20.5. The maximum Gasteiger partial charge on any atom is 0.307 e. The molecule has 0 radical (unpaired) electrons. The first-order chi connectivity index (χ1) is 11.3. The van der Waals surface area contributed by atoms with Gasteiger partial charge in [0.15, 0.2) is 0 Å². The van der Waals surface area contributed by atoms with Gasteiger partial charge in [-0.1, -0.05) is 29.3 Å². The Kier molecular flexibility index (Phi) is 5.39. The van der Waals surface area contributed by atoms with E-state index < -0.39 is 29.6 Å². The average Bonchev–Trinajstić information content (AvgIpc) is 2.54. The fourth-order valence-electron chi connectivity index (χ4n) is 2.93. The molecule has 1 aromatic rings. The number of carboxylic acids is 1. The van der Waals surface area contributed by atoms with Crippen molar-refractivity contribution in [2.75, 3.05) is 0 Å². The van der Waals surface area contributed by atoms with E-state index in [0.29, 0.717) is 18.4 Å². The summed E-state index contributed by atoms with van der Waals surface area (Å²) in [6, 6.07) is 7.02. The highest BCUT2D eigenvalue weighted by molar-refractivity contribution is 5.97.